The Morgan fingerprint density at radius 3 is 2.18 bits per heavy atom. The quantitative estimate of drug-likeness (QED) is 0.668. The van der Waals surface area contributed by atoms with Crippen LogP contribution in [-0.2, 0) is 9.59 Å². The van der Waals surface area contributed by atoms with Gasteiger partial charge in [0, 0.05) is 26.2 Å². The molecule has 6 heteroatoms. The summed E-state index contributed by atoms with van der Waals surface area (Å²) < 4.78 is 0. The van der Waals surface area contributed by atoms with Crippen LogP contribution >= 0.6 is 0 Å². The van der Waals surface area contributed by atoms with E-state index < -0.39 is 17.6 Å². The van der Waals surface area contributed by atoms with Crippen molar-refractivity contribution in [2.75, 3.05) is 26.2 Å². The van der Waals surface area contributed by atoms with Gasteiger partial charge in [-0.2, -0.15) is 0 Å². The van der Waals surface area contributed by atoms with Crippen molar-refractivity contribution in [2.24, 2.45) is 5.73 Å². The van der Waals surface area contributed by atoms with Crippen LogP contribution in [0.4, 0.5) is 0 Å². The summed E-state index contributed by atoms with van der Waals surface area (Å²) >= 11 is 0. The molecule has 6 nitrogen and oxygen atoms in total. The number of nitrogens with zero attached hydrogens (tertiary/aromatic N) is 2. The maximum absolute atomic E-state index is 12.0. The summed E-state index contributed by atoms with van der Waals surface area (Å²) in [4.78, 5) is 26.4. The lowest BCUT2D eigenvalue weighted by molar-refractivity contribution is -0.144. The van der Waals surface area contributed by atoms with E-state index in [0.717, 1.165) is 12.8 Å². The number of nitrogens with two attached hydrogens (primary N) is 1. The van der Waals surface area contributed by atoms with Crippen LogP contribution in [0.15, 0.2) is 0 Å². The lowest BCUT2D eigenvalue weighted by Gasteiger charge is -2.37. The fraction of sp³-hybridized carbons (Fsp3) is 0.818. The maximum Gasteiger partial charge on any atom is 0.320 e. The fourth-order valence-corrected chi connectivity index (χ4v) is 2.13. The highest BCUT2D eigenvalue weighted by atomic mass is 16.4. The van der Waals surface area contributed by atoms with Crippen molar-refractivity contribution in [1.82, 2.24) is 9.80 Å². The normalized spacial score (nSPS) is 25.4. The van der Waals surface area contributed by atoms with Crippen molar-refractivity contribution in [3.05, 3.63) is 0 Å². The number of rotatable bonds is 3. The molecule has 0 aromatic heterocycles. The third-order valence-corrected chi connectivity index (χ3v) is 3.72. The van der Waals surface area contributed by atoms with Gasteiger partial charge in [-0.05, 0) is 19.8 Å². The number of carboxylic acid groups (broad SMARTS) is 1. The molecular formula is C11H19N3O3. The first-order valence-corrected chi connectivity index (χ1v) is 5.99. The molecule has 1 atom stereocenters. The average Bonchev–Trinajstić information content (AvgIpc) is 3.07. The largest absolute Gasteiger partial charge is 0.480 e. The zero-order valence-corrected chi connectivity index (χ0v) is 10.1. The Balaban J connectivity index is 1.86. The van der Waals surface area contributed by atoms with Gasteiger partial charge in [-0.3, -0.25) is 14.5 Å². The summed E-state index contributed by atoms with van der Waals surface area (Å²) in [5.41, 5.74) is 5.25. The Labute approximate surface area is 100 Å². The van der Waals surface area contributed by atoms with E-state index in [4.69, 9.17) is 10.8 Å². The van der Waals surface area contributed by atoms with Crippen LogP contribution in [-0.4, -0.2) is 64.5 Å². The molecule has 96 valence electrons. The zero-order chi connectivity index (χ0) is 12.6. The minimum absolute atomic E-state index is 0.0279. The number of carbonyl (C=O) groups excluding carboxylic acids is 1. The number of aliphatic carboxylic acids is 1. The number of carbonyl (C=O) groups is 2. The molecule has 1 aliphatic heterocycles. The van der Waals surface area contributed by atoms with Crippen LogP contribution in [0.25, 0.3) is 0 Å². The van der Waals surface area contributed by atoms with Gasteiger partial charge in [0.2, 0.25) is 5.91 Å². The third-order valence-electron chi connectivity index (χ3n) is 3.72. The molecule has 1 heterocycles. The van der Waals surface area contributed by atoms with Crippen molar-refractivity contribution in [3.8, 4) is 0 Å². The second-order valence-electron chi connectivity index (χ2n) is 5.00. The first-order valence-electron chi connectivity index (χ1n) is 5.99. The summed E-state index contributed by atoms with van der Waals surface area (Å²) in [5, 5.41) is 8.91. The van der Waals surface area contributed by atoms with Gasteiger partial charge < -0.3 is 15.7 Å². The van der Waals surface area contributed by atoms with Gasteiger partial charge in [-0.25, -0.2) is 0 Å². The number of amides is 1. The topological polar surface area (TPSA) is 86.9 Å². The van der Waals surface area contributed by atoms with E-state index >= 15 is 0 Å². The average molecular weight is 241 g/mol. The molecular weight excluding hydrogens is 222 g/mol. The number of piperazine rings is 1. The van der Waals surface area contributed by atoms with E-state index in [1.807, 2.05) is 4.90 Å². The van der Waals surface area contributed by atoms with Crippen LogP contribution in [0.1, 0.15) is 19.8 Å². The van der Waals surface area contributed by atoms with Gasteiger partial charge in [0.15, 0.2) is 0 Å². The van der Waals surface area contributed by atoms with Crippen molar-refractivity contribution in [3.63, 3.8) is 0 Å². The molecule has 3 N–H and O–H groups in total. The predicted molar refractivity (Wildman–Crippen MR) is 61.4 cm³/mol. The molecule has 1 saturated heterocycles. The SMILES string of the molecule is CC(C(=O)O)N1CCN(C(=O)C2(N)CC2)CC1. The molecule has 0 aromatic carbocycles. The van der Waals surface area contributed by atoms with E-state index in [0.29, 0.717) is 26.2 Å². The number of carboxylic acids is 1. The van der Waals surface area contributed by atoms with E-state index in [-0.39, 0.29) is 5.91 Å². The fourth-order valence-electron chi connectivity index (χ4n) is 2.13. The van der Waals surface area contributed by atoms with E-state index in [1.165, 1.54) is 0 Å². The van der Waals surface area contributed by atoms with Gasteiger partial charge in [-0.15, -0.1) is 0 Å². The molecule has 2 fully saturated rings. The molecule has 17 heavy (non-hydrogen) atoms. The lowest BCUT2D eigenvalue weighted by atomic mass is 10.2. The van der Waals surface area contributed by atoms with Gasteiger partial charge in [0.1, 0.15) is 6.04 Å². The predicted octanol–water partition coefficient (Wildman–Crippen LogP) is -0.905. The van der Waals surface area contributed by atoms with Crippen LogP contribution in [0, 0.1) is 0 Å². The van der Waals surface area contributed by atoms with Crippen molar-refractivity contribution in [2.45, 2.75) is 31.3 Å². The summed E-state index contributed by atoms with van der Waals surface area (Å²) in [6, 6.07) is -0.486. The minimum Gasteiger partial charge on any atom is -0.480 e. The summed E-state index contributed by atoms with van der Waals surface area (Å²) in [7, 11) is 0. The maximum atomic E-state index is 12.0. The Hall–Kier alpha value is -1.14. The van der Waals surface area contributed by atoms with E-state index in [9.17, 15) is 9.59 Å². The van der Waals surface area contributed by atoms with Crippen molar-refractivity contribution >= 4 is 11.9 Å². The summed E-state index contributed by atoms with van der Waals surface area (Å²) in [5.74, 6) is -0.789. The molecule has 0 aromatic rings. The Morgan fingerprint density at radius 2 is 1.76 bits per heavy atom. The van der Waals surface area contributed by atoms with Gasteiger partial charge in [0.25, 0.3) is 0 Å². The van der Waals surface area contributed by atoms with E-state index in [2.05, 4.69) is 0 Å². The Kier molecular flexibility index (Phi) is 3.09. The van der Waals surface area contributed by atoms with Gasteiger partial charge >= 0.3 is 5.97 Å². The number of hydrogen-bond acceptors (Lipinski definition) is 4. The monoisotopic (exact) mass is 241 g/mol. The molecule has 1 aliphatic carbocycles. The molecule has 1 amide bonds. The summed E-state index contributed by atoms with van der Waals surface area (Å²) in [6.45, 7) is 4.04. The van der Waals surface area contributed by atoms with E-state index in [1.54, 1.807) is 11.8 Å². The zero-order valence-electron chi connectivity index (χ0n) is 10.1. The second-order valence-corrected chi connectivity index (χ2v) is 5.00. The first-order chi connectivity index (χ1) is 7.94. The molecule has 0 bridgehead atoms. The summed E-state index contributed by atoms with van der Waals surface area (Å²) in [6.07, 6.45) is 1.55. The highest BCUT2D eigenvalue weighted by Gasteiger charge is 2.48. The lowest BCUT2D eigenvalue weighted by Crippen LogP contribution is -2.56. The van der Waals surface area contributed by atoms with Crippen LogP contribution < -0.4 is 5.73 Å². The molecule has 1 saturated carbocycles. The van der Waals surface area contributed by atoms with Gasteiger partial charge in [-0.1, -0.05) is 0 Å². The third kappa shape index (κ3) is 2.42. The standard InChI is InChI=1S/C11H19N3O3/c1-8(9(15)16)13-4-6-14(7-5-13)10(17)11(12)2-3-11/h8H,2-7,12H2,1H3,(H,15,16). The molecule has 1 unspecified atom stereocenters. The van der Waals surface area contributed by atoms with Crippen molar-refractivity contribution in [1.29, 1.82) is 0 Å². The molecule has 2 rings (SSSR count). The highest BCUT2D eigenvalue weighted by molar-refractivity contribution is 5.89. The Morgan fingerprint density at radius 1 is 1.24 bits per heavy atom. The molecule has 0 spiro atoms. The Bertz CT molecular complexity index is 333. The van der Waals surface area contributed by atoms with Crippen LogP contribution in [0.2, 0.25) is 0 Å². The highest BCUT2D eigenvalue weighted by Crippen LogP contribution is 2.34. The molecule has 2 aliphatic rings. The smallest absolute Gasteiger partial charge is 0.320 e. The second kappa shape index (κ2) is 4.27. The van der Waals surface area contributed by atoms with Crippen LogP contribution in [0.5, 0.6) is 0 Å². The van der Waals surface area contributed by atoms with Crippen LogP contribution in [0.3, 0.4) is 0 Å². The number of hydrogen-bond donors (Lipinski definition) is 2. The van der Waals surface area contributed by atoms with Crippen molar-refractivity contribution < 1.29 is 14.7 Å². The van der Waals surface area contributed by atoms with Gasteiger partial charge in [0.05, 0.1) is 5.54 Å². The minimum atomic E-state index is -0.817. The first kappa shape index (κ1) is 12.3. The molecule has 0 radical (unpaired) electrons.